The lowest BCUT2D eigenvalue weighted by molar-refractivity contribution is -0.114. The van der Waals surface area contributed by atoms with E-state index in [4.69, 9.17) is 0 Å². The molecule has 0 aromatic heterocycles. The van der Waals surface area contributed by atoms with Crippen molar-refractivity contribution in [3.63, 3.8) is 0 Å². The van der Waals surface area contributed by atoms with Crippen LogP contribution in [-0.4, -0.2) is 42.5 Å². The summed E-state index contributed by atoms with van der Waals surface area (Å²) in [7, 11) is 0. The third-order valence-electron chi connectivity index (χ3n) is 3.43. The highest BCUT2D eigenvalue weighted by Crippen LogP contribution is 2.20. The van der Waals surface area contributed by atoms with Gasteiger partial charge in [-0.25, -0.2) is 4.99 Å². The molecule has 1 rings (SSSR count). The number of hydrogen-bond acceptors (Lipinski definition) is 3. The summed E-state index contributed by atoms with van der Waals surface area (Å²) in [5.74, 6) is 0.512. The van der Waals surface area contributed by atoms with E-state index in [1.165, 1.54) is 0 Å². The van der Waals surface area contributed by atoms with Gasteiger partial charge in [-0.1, -0.05) is 22.0 Å². The number of thioether (sulfide) groups is 1. The van der Waals surface area contributed by atoms with Gasteiger partial charge in [-0.05, 0) is 51.6 Å². The van der Waals surface area contributed by atoms with Crippen LogP contribution in [0.2, 0.25) is 0 Å². The van der Waals surface area contributed by atoms with E-state index in [2.05, 4.69) is 57.0 Å². The van der Waals surface area contributed by atoms with Crippen molar-refractivity contribution in [2.75, 3.05) is 31.2 Å². The topological polar surface area (TPSA) is 65.5 Å². The maximum absolute atomic E-state index is 12.1. The normalized spacial score (nSPS) is 12.0. The summed E-state index contributed by atoms with van der Waals surface area (Å²) in [6.45, 7) is 9.88. The zero-order valence-electron chi connectivity index (χ0n) is 15.0. The second-order valence-corrected chi connectivity index (χ2v) is 8.45. The van der Waals surface area contributed by atoms with Crippen molar-refractivity contribution in [3.8, 4) is 0 Å². The highest BCUT2D eigenvalue weighted by atomic mass is 79.9. The van der Waals surface area contributed by atoms with Gasteiger partial charge in [0.1, 0.15) is 6.54 Å². The maximum Gasteiger partial charge on any atom is 0.246 e. The third-order valence-corrected chi connectivity index (χ3v) is 5.18. The van der Waals surface area contributed by atoms with Crippen molar-refractivity contribution in [1.82, 2.24) is 10.6 Å². The van der Waals surface area contributed by atoms with E-state index < -0.39 is 0 Å². The molecule has 7 heteroatoms. The zero-order chi connectivity index (χ0) is 18.2. The second-order valence-electron chi connectivity index (χ2n) is 6.02. The molecule has 3 N–H and O–H groups in total. The minimum Gasteiger partial charge on any atom is -0.357 e. The average Bonchev–Trinajstić information content (AvgIpc) is 2.53. The molecule has 0 saturated heterocycles. The van der Waals surface area contributed by atoms with Gasteiger partial charge in [0.25, 0.3) is 0 Å². The number of carbonyl (C=O) groups excluding carboxylic acids is 1. The molecule has 0 fully saturated rings. The average molecular weight is 415 g/mol. The molecule has 0 heterocycles. The summed E-state index contributed by atoms with van der Waals surface area (Å²) in [6.07, 6.45) is 2.08. The summed E-state index contributed by atoms with van der Waals surface area (Å²) >= 11 is 5.20. The van der Waals surface area contributed by atoms with Gasteiger partial charge in [0.15, 0.2) is 5.96 Å². The van der Waals surface area contributed by atoms with Crippen LogP contribution in [0.4, 0.5) is 5.69 Å². The van der Waals surface area contributed by atoms with Crippen molar-refractivity contribution in [3.05, 3.63) is 28.2 Å². The largest absolute Gasteiger partial charge is 0.357 e. The Balaban J connectivity index is 2.64. The summed E-state index contributed by atoms with van der Waals surface area (Å²) in [4.78, 5) is 16.5. The van der Waals surface area contributed by atoms with Crippen molar-refractivity contribution < 1.29 is 4.79 Å². The fourth-order valence-electron chi connectivity index (χ4n) is 1.78. The first kappa shape index (κ1) is 20.8. The third kappa shape index (κ3) is 7.57. The van der Waals surface area contributed by atoms with Crippen LogP contribution in [0.3, 0.4) is 0 Å². The number of halogens is 1. The summed E-state index contributed by atoms with van der Waals surface area (Å²) in [5, 5.41) is 9.34. The van der Waals surface area contributed by atoms with Gasteiger partial charge < -0.3 is 16.0 Å². The molecule has 0 spiro atoms. The van der Waals surface area contributed by atoms with Crippen LogP contribution in [0, 0.1) is 6.92 Å². The standard InChI is InChI=1S/C17H27BrN4OS/c1-6-19-16(21-11-17(3,4)24-5)20-10-15(23)22-14-9-13(18)8-7-12(14)2/h7-9H,6,10-11H2,1-5H3,(H,22,23)(H2,19,20,21). The minimum atomic E-state index is -0.141. The summed E-state index contributed by atoms with van der Waals surface area (Å²) in [5.41, 5.74) is 1.81. The van der Waals surface area contributed by atoms with Gasteiger partial charge in [0, 0.05) is 28.0 Å². The molecule has 0 aliphatic heterocycles. The molecule has 0 saturated carbocycles. The van der Waals surface area contributed by atoms with Gasteiger partial charge in [0.05, 0.1) is 0 Å². The number of amides is 1. The lowest BCUT2D eigenvalue weighted by Gasteiger charge is -2.23. The SMILES string of the molecule is CCNC(=NCC(=O)Nc1cc(Br)ccc1C)NCC(C)(C)SC. The smallest absolute Gasteiger partial charge is 0.246 e. The minimum absolute atomic E-state index is 0.0704. The number of rotatable bonds is 7. The predicted molar refractivity (Wildman–Crippen MR) is 109 cm³/mol. The fraction of sp³-hybridized carbons (Fsp3) is 0.529. The highest BCUT2D eigenvalue weighted by Gasteiger charge is 2.16. The van der Waals surface area contributed by atoms with E-state index in [1.54, 1.807) is 11.8 Å². The molecular formula is C17H27BrN4OS. The van der Waals surface area contributed by atoms with Crippen LogP contribution >= 0.6 is 27.7 Å². The number of guanidine groups is 1. The predicted octanol–water partition coefficient (Wildman–Crippen LogP) is 3.39. The number of nitrogens with zero attached hydrogens (tertiary/aromatic N) is 1. The van der Waals surface area contributed by atoms with Gasteiger partial charge in [0.2, 0.25) is 5.91 Å². The van der Waals surface area contributed by atoms with Gasteiger partial charge >= 0.3 is 0 Å². The van der Waals surface area contributed by atoms with Gasteiger partial charge in [-0.2, -0.15) is 11.8 Å². The molecule has 1 amide bonds. The number of aliphatic imine (C=N–C) groups is 1. The van der Waals surface area contributed by atoms with E-state index in [9.17, 15) is 4.79 Å². The lowest BCUT2D eigenvalue weighted by atomic mass is 10.2. The Labute approximate surface area is 157 Å². The fourth-order valence-corrected chi connectivity index (χ4v) is 2.36. The summed E-state index contributed by atoms with van der Waals surface area (Å²) < 4.78 is 1.03. The first-order chi connectivity index (χ1) is 11.3. The number of carbonyl (C=O) groups is 1. The van der Waals surface area contributed by atoms with Crippen LogP contribution in [0.5, 0.6) is 0 Å². The summed E-state index contributed by atoms with van der Waals surface area (Å²) in [6, 6.07) is 5.80. The van der Waals surface area contributed by atoms with Crippen LogP contribution in [0.25, 0.3) is 0 Å². The molecule has 0 unspecified atom stereocenters. The molecular weight excluding hydrogens is 388 g/mol. The number of aryl methyl sites for hydroxylation is 1. The quantitative estimate of drug-likeness (QED) is 0.472. The first-order valence-corrected chi connectivity index (χ1v) is 9.92. The van der Waals surface area contributed by atoms with E-state index in [0.29, 0.717) is 5.96 Å². The van der Waals surface area contributed by atoms with Gasteiger partial charge in [-0.3, -0.25) is 4.79 Å². The molecule has 134 valence electrons. The van der Waals surface area contributed by atoms with Crippen molar-refractivity contribution in [1.29, 1.82) is 0 Å². The zero-order valence-corrected chi connectivity index (χ0v) is 17.4. The van der Waals surface area contributed by atoms with Crippen molar-refractivity contribution >= 4 is 45.2 Å². The number of hydrogen-bond donors (Lipinski definition) is 3. The Hall–Kier alpha value is -1.21. The molecule has 0 aliphatic carbocycles. The second kappa shape index (κ2) is 9.93. The van der Waals surface area contributed by atoms with Crippen LogP contribution in [-0.2, 0) is 4.79 Å². The molecule has 0 aliphatic rings. The van der Waals surface area contributed by atoms with E-state index in [0.717, 1.165) is 28.8 Å². The van der Waals surface area contributed by atoms with E-state index in [1.807, 2.05) is 32.0 Å². The molecule has 1 aromatic rings. The van der Waals surface area contributed by atoms with Gasteiger partial charge in [-0.15, -0.1) is 0 Å². The Morgan fingerprint density at radius 1 is 1.33 bits per heavy atom. The Morgan fingerprint density at radius 3 is 2.67 bits per heavy atom. The molecule has 0 radical (unpaired) electrons. The molecule has 24 heavy (non-hydrogen) atoms. The lowest BCUT2D eigenvalue weighted by Crippen LogP contribution is -2.43. The molecule has 1 aromatic carbocycles. The van der Waals surface area contributed by atoms with E-state index >= 15 is 0 Å². The number of anilines is 1. The monoisotopic (exact) mass is 414 g/mol. The number of nitrogens with one attached hydrogen (secondary N) is 3. The van der Waals surface area contributed by atoms with E-state index in [-0.39, 0.29) is 17.2 Å². The Bertz CT molecular complexity index is 590. The Kier molecular flexibility index (Phi) is 8.62. The molecule has 0 bridgehead atoms. The van der Waals surface area contributed by atoms with Crippen LogP contribution in [0.15, 0.2) is 27.7 Å². The highest BCUT2D eigenvalue weighted by molar-refractivity contribution is 9.10. The molecule has 0 atom stereocenters. The maximum atomic E-state index is 12.1. The first-order valence-electron chi connectivity index (χ1n) is 7.90. The molecule has 5 nitrogen and oxygen atoms in total. The number of benzene rings is 1. The van der Waals surface area contributed by atoms with Crippen molar-refractivity contribution in [2.45, 2.75) is 32.4 Å². The van der Waals surface area contributed by atoms with Crippen molar-refractivity contribution in [2.24, 2.45) is 4.99 Å². The van der Waals surface area contributed by atoms with Crippen LogP contribution < -0.4 is 16.0 Å². The Morgan fingerprint density at radius 2 is 2.04 bits per heavy atom. The van der Waals surface area contributed by atoms with Crippen LogP contribution in [0.1, 0.15) is 26.3 Å².